The Morgan fingerprint density at radius 1 is 1.04 bits per heavy atom. The fraction of sp³-hybridized carbons (Fsp3) is 0.222. The second kappa shape index (κ2) is 5.88. The maximum Gasteiger partial charge on any atom is 0.265 e. The van der Waals surface area contributed by atoms with Crippen LogP contribution in [0.15, 0.2) is 47.3 Å². The maximum atomic E-state index is 13.1. The van der Waals surface area contributed by atoms with Gasteiger partial charge in [0.1, 0.15) is 16.9 Å². The standard InChI is InChI=1S/C18H17N5O/c1-2-3-8-17-19-14-7-5-4-6-13(14)18(24)23(17)12-9-10-15-16(11-12)21-22-20-15/h4-7,9-11H,2-3,8H2,1H3,(H,20,21,22). The molecule has 120 valence electrons. The van der Waals surface area contributed by atoms with Crippen molar-refractivity contribution in [1.29, 1.82) is 0 Å². The van der Waals surface area contributed by atoms with Gasteiger partial charge in [-0.25, -0.2) is 4.98 Å². The van der Waals surface area contributed by atoms with Gasteiger partial charge in [0.05, 0.1) is 16.6 Å². The molecule has 2 aromatic heterocycles. The van der Waals surface area contributed by atoms with Crippen molar-refractivity contribution in [2.24, 2.45) is 0 Å². The molecule has 0 bridgehead atoms. The fourth-order valence-electron chi connectivity index (χ4n) is 2.92. The summed E-state index contributed by atoms with van der Waals surface area (Å²) in [6, 6.07) is 13.1. The number of hydrogen-bond donors (Lipinski definition) is 1. The zero-order valence-corrected chi connectivity index (χ0v) is 13.4. The van der Waals surface area contributed by atoms with Crippen molar-refractivity contribution < 1.29 is 0 Å². The van der Waals surface area contributed by atoms with Crippen molar-refractivity contribution >= 4 is 21.9 Å². The highest BCUT2D eigenvalue weighted by Crippen LogP contribution is 2.17. The quantitative estimate of drug-likeness (QED) is 0.627. The average molecular weight is 319 g/mol. The Kier molecular flexibility index (Phi) is 3.57. The summed E-state index contributed by atoms with van der Waals surface area (Å²) >= 11 is 0. The molecule has 1 N–H and O–H groups in total. The molecule has 0 aliphatic heterocycles. The van der Waals surface area contributed by atoms with E-state index in [0.717, 1.165) is 47.3 Å². The summed E-state index contributed by atoms with van der Waals surface area (Å²) in [5.74, 6) is 0.781. The summed E-state index contributed by atoms with van der Waals surface area (Å²) in [5.41, 5.74) is 2.97. The van der Waals surface area contributed by atoms with Crippen LogP contribution >= 0.6 is 0 Å². The second-order valence-electron chi connectivity index (χ2n) is 5.79. The number of benzene rings is 2. The minimum absolute atomic E-state index is 0.0467. The number of aromatic amines is 1. The van der Waals surface area contributed by atoms with E-state index in [1.807, 2.05) is 42.5 Å². The highest BCUT2D eigenvalue weighted by Gasteiger charge is 2.13. The number of aryl methyl sites for hydroxylation is 1. The van der Waals surface area contributed by atoms with E-state index >= 15 is 0 Å². The lowest BCUT2D eigenvalue weighted by molar-refractivity contribution is 0.721. The van der Waals surface area contributed by atoms with E-state index in [1.54, 1.807) is 4.57 Å². The highest BCUT2D eigenvalue weighted by molar-refractivity contribution is 5.79. The zero-order chi connectivity index (χ0) is 16.5. The molecular weight excluding hydrogens is 302 g/mol. The molecule has 0 radical (unpaired) electrons. The zero-order valence-electron chi connectivity index (χ0n) is 13.4. The first-order valence-electron chi connectivity index (χ1n) is 8.09. The normalized spacial score (nSPS) is 11.4. The van der Waals surface area contributed by atoms with Crippen molar-refractivity contribution in [2.45, 2.75) is 26.2 Å². The highest BCUT2D eigenvalue weighted by atomic mass is 16.1. The van der Waals surface area contributed by atoms with Gasteiger partial charge in [0.2, 0.25) is 0 Å². The number of nitrogens with one attached hydrogen (secondary N) is 1. The van der Waals surface area contributed by atoms with Crippen LogP contribution in [0.1, 0.15) is 25.6 Å². The molecule has 6 nitrogen and oxygen atoms in total. The molecule has 0 saturated carbocycles. The number of nitrogens with zero attached hydrogens (tertiary/aromatic N) is 4. The van der Waals surface area contributed by atoms with Gasteiger partial charge in [0.25, 0.3) is 5.56 Å². The lowest BCUT2D eigenvalue weighted by atomic mass is 10.2. The first-order valence-corrected chi connectivity index (χ1v) is 8.09. The summed E-state index contributed by atoms with van der Waals surface area (Å²) in [6.07, 6.45) is 2.79. The number of unbranched alkanes of at least 4 members (excludes halogenated alkanes) is 1. The van der Waals surface area contributed by atoms with E-state index in [0.29, 0.717) is 5.39 Å². The Hall–Kier alpha value is -3.02. The number of para-hydroxylation sites is 1. The predicted octanol–water partition coefficient (Wildman–Crippen LogP) is 3.00. The van der Waals surface area contributed by atoms with Crippen LogP contribution < -0.4 is 5.56 Å². The van der Waals surface area contributed by atoms with Crippen LogP contribution in [0.4, 0.5) is 0 Å². The van der Waals surface area contributed by atoms with Crippen molar-refractivity contribution in [3.63, 3.8) is 0 Å². The third-order valence-electron chi connectivity index (χ3n) is 4.16. The summed E-state index contributed by atoms with van der Waals surface area (Å²) in [6.45, 7) is 2.13. The Balaban J connectivity index is 2.00. The summed E-state index contributed by atoms with van der Waals surface area (Å²) < 4.78 is 1.70. The van der Waals surface area contributed by atoms with Gasteiger partial charge in [0, 0.05) is 6.42 Å². The van der Waals surface area contributed by atoms with E-state index in [4.69, 9.17) is 4.98 Å². The summed E-state index contributed by atoms with van der Waals surface area (Å²) in [7, 11) is 0. The van der Waals surface area contributed by atoms with Gasteiger partial charge in [-0.2, -0.15) is 15.4 Å². The summed E-state index contributed by atoms with van der Waals surface area (Å²) in [5, 5.41) is 11.4. The molecule has 0 atom stereocenters. The summed E-state index contributed by atoms with van der Waals surface area (Å²) in [4.78, 5) is 17.8. The van der Waals surface area contributed by atoms with Crippen LogP contribution in [-0.4, -0.2) is 25.0 Å². The third kappa shape index (κ3) is 2.36. The fourth-order valence-corrected chi connectivity index (χ4v) is 2.92. The van der Waals surface area contributed by atoms with Crippen LogP contribution in [-0.2, 0) is 6.42 Å². The second-order valence-corrected chi connectivity index (χ2v) is 5.79. The molecular formula is C18H17N5O. The molecule has 0 aliphatic carbocycles. The van der Waals surface area contributed by atoms with Gasteiger partial charge in [0.15, 0.2) is 0 Å². The number of rotatable bonds is 4. The van der Waals surface area contributed by atoms with Crippen LogP contribution in [0.3, 0.4) is 0 Å². The van der Waals surface area contributed by atoms with E-state index in [1.165, 1.54) is 0 Å². The van der Waals surface area contributed by atoms with Crippen LogP contribution in [0, 0.1) is 0 Å². The first-order chi connectivity index (χ1) is 11.8. The molecule has 0 fully saturated rings. The van der Waals surface area contributed by atoms with Gasteiger partial charge in [-0.1, -0.05) is 25.5 Å². The van der Waals surface area contributed by atoms with Gasteiger partial charge in [-0.05, 0) is 36.8 Å². The molecule has 0 spiro atoms. The van der Waals surface area contributed by atoms with Crippen molar-refractivity contribution in [1.82, 2.24) is 25.0 Å². The largest absolute Gasteiger partial charge is 0.268 e. The van der Waals surface area contributed by atoms with E-state index in [2.05, 4.69) is 22.3 Å². The number of hydrogen-bond acceptors (Lipinski definition) is 4. The predicted molar refractivity (Wildman–Crippen MR) is 93.4 cm³/mol. The minimum Gasteiger partial charge on any atom is -0.268 e. The molecule has 0 amide bonds. The average Bonchev–Trinajstić information content (AvgIpc) is 3.07. The molecule has 6 heteroatoms. The van der Waals surface area contributed by atoms with Gasteiger partial charge < -0.3 is 0 Å². The molecule has 0 unspecified atom stereocenters. The maximum absolute atomic E-state index is 13.1. The molecule has 2 aromatic carbocycles. The van der Waals surface area contributed by atoms with Crippen LogP contribution in [0.5, 0.6) is 0 Å². The Morgan fingerprint density at radius 2 is 1.88 bits per heavy atom. The lowest BCUT2D eigenvalue weighted by Gasteiger charge is -2.13. The molecule has 4 aromatic rings. The first kappa shape index (κ1) is 14.6. The van der Waals surface area contributed by atoms with Gasteiger partial charge >= 0.3 is 0 Å². The third-order valence-corrected chi connectivity index (χ3v) is 4.16. The number of fused-ring (bicyclic) bond motifs is 2. The van der Waals surface area contributed by atoms with Gasteiger partial charge in [-0.3, -0.25) is 9.36 Å². The number of H-pyrrole nitrogens is 1. The topological polar surface area (TPSA) is 76.5 Å². The molecule has 0 saturated heterocycles. The minimum atomic E-state index is -0.0467. The van der Waals surface area contributed by atoms with Crippen molar-refractivity contribution in [3.05, 3.63) is 58.6 Å². The Labute approximate surface area is 138 Å². The molecule has 2 heterocycles. The van der Waals surface area contributed by atoms with Gasteiger partial charge in [-0.15, -0.1) is 0 Å². The molecule has 24 heavy (non-hydrogen) atoms. The van der Waals surface area contributed by atoms with Crippen molar-refractivity contribution in [3.8, 4) is 5.69 Å². The smallest absolute Gasteiger partial charge is 0.265 e. The van der Waals surface area contributed by atoms with E-state index < -0.39 is 0 Å². The molecule has 4 rings (SSSR count). The van der Waals surface area contributed by atoms with Crippen LogP contribution in [0.25, 0.3) is 27.6 Å². The van der Waals surface area contributed by atoms with Crippen LogP contribution in [0.2, 0.25) is 0 Å². The van der Waals surface area contributed by atoms with E-state index in [-0.39, 0.29) is 5.56 Å². The SMILES string of the molecule is CCCCc1nc2ccccc2c(=O)n1-c1ccc2n[nH]nc2c1. The monoisotopic (exact) mass is 319 g/mol. The van der Waals surface area contributed by atoms with E-state index in [9.17, 15) is 4.79 Å². The Bertz CT molecular complexity index is 1080. The molecule has 0 aliphatic rings. The number of aromatic nitrogens is 5. The Morgan fingerprint density at radius 3 is 2.75 bits per heavy atom. The lowest BCUT2D eigenvalue weighted by Crippen LogP contribution is -2.24. The van der Waals surface area contributed by atoms with Crippen molar-refractivity contribution in [2.75, 3.05) is 0 Å².